The van der Waals surface area contributed by atoms with Gasteiger partial charge < -0.3 is 5.32 Å². The molecular weight excluding hydrogens is 202 g/mol. The summed E-state index contributed by atoms with van der Waals surface area (Å²) < 4.78 is 0. The molecule has 5 heteroatoms. The summed E-state index contributed by atoms with van der Waals surface area (Å²) in [6, 6.07) is 0.178. The first-order valence-electron chi connectivity index (χ1n) is 4.25. The summed E-state index contributed by atoms with van der Waals surface area (Å²) in [6.45, 7) is 5.59. The standard InChI is InChI=1S/C9H12ClN3O/c1-3-4-6(2)12-9-11-5-7(10)8(14)13-9/h3,5-6H,1,4H2,2H3,(H2,11,12,13,14). The fourth-order valence-electron chi connectivity index (χ4n) is 0.995. The zero-order chi connectivity index (χ0) is 10.6. The van der Waals surface area contributed by atoms with Crippen molar-refractivity contribution < 1.29 is 0 Å². The van der Waals surface area contributed by atoms with Crippen LogP contribution in [0, 0.1) is 0 Å². The highest BCUT2D eigenvalue weighted by Crippen LogP contribution is 2.03. The highest BCUT2D eigenvalue weighted by molar-refractivity contribution is 6.30. The van der Waals surface area contributed by atoms with Crippen LogP contribution in [0.4, 0.5) is 5.95 Å². The van der Waals surface area contributed by atoms with Crippen LogP contribution in [0.3, 0.4) is 0 Å². The van der Waals surface area contributed by atoms with Crippen molar-refractivity contribution >= 4 is 17.5 Å². The molecular formula is C9H12ClN3O. The number of nitrogens with one attached hydrogen (secondary N) is 2. The van der Waals surface area contributed by atoms with Crippen LogP contribution in [0.25, 0.3) is 0 Å². The largest absolute Gasteiger partial charge is 0.353 e. The molecule has 0 fully saturated rings. The maximum atomic E-state index is 11.1. The van der Waals surface area contributed by atoms with Crippen LogP contribution in [0.1, 0.15) is 13.3 Å². The fourth-order valence-corrected chi connectivity index (χ4v) is 1.09. The van der Waals surface area contributed by atoms with Gasteiger partial charge in [0.2, 0.25) is 5.95 Å². The Morgan fingerprint density at radius 3 is 3.14 bits per heavy atom. The molecule has 0 amide bonds. The first-order chi connectivity index (χ1) is 6.63. The Kier molecular flexibility index (Phi) is 3.71. The van der Waals surface area contributed by atoms with E-state index in [0.717, 1.165) is 6.42 Å². The maximum Gasteiger partial charge on any atom is 0.271 e. The van der Waals surface area contributed by atoms with Gasteiger partial charge in [-0.2, -0.15) is 0 Å². The summed E-state index contributed by atoms with van der Waals surface area (Å²) in [5.41, 5.74) is -0.338. The fraction of sp³-hybridized carbons (Fsp3) is 0.333. The van der Waals surface area contributed by atoms with E-state index in [1.165, 1.54) is 6.20 Å². The van der Waals surface area contributed by atoms with Crippen molar-refractivity contribution in [2.45, 2.75) is 19.4 Å². The van der Waals surface area contributed by atoms with Crippen LogP contribution in [0.15, 0.2) is 23.6 Å². The lowest BCUT2D eigenvalue weighted by Gasteiger charge is -2.11. The number of hydrogen-bond donors (Lipinski definition) is 2. The molecule has 0 aliphatic heterocycles. The summed E-state index contributed by atoms with van der Waals surface area (Å²) in [5.74, 6) is 0.425. The number of halogens is 1. The molecule has 0 aliphatic rings. The zero-order valence-corrected chi connectivity index (χ0v) is 8.64. The Balaban J connectivity index is 2.73. The van der Waals surface area contributed by atoms with Gasteiger partial charge in [0.05, 0.1) is 6.20 Å². The molecule has 0 aliphatic carbocycles. The third kappa shape index (κ3) is 2.88. The molecule has 1 unspecified atom stereocenters. The predicted molar refractivity (Wildman–Crippen MR) is 57.8 cm³/mol. The lowest BCUT2D eigenvalue weighted by molar-refractivity contribution is 0.797. The molecule has 14 heavy (non-hydrogen) atoms. The zero-order valence-electron chi connectivity index (χ0n) is 7.88. The summed E-state index contributed by atoms with van der Waals surface area (Å²) in [5, 5.41) is 3.10. The van der Waals surface area contributed by atoms with Crippen LogP contribution < -0.4 is 10.9 Å². The van der Waals surface area contributed by atoms with Gasteiger partial charge in [0.1, 0.15) is 5.02 Å². The average Bonchev–Trinajstić information content (AvgIpc) is 2.12. The molecule has 0 aromatic carbocycles. The highest BCUT2D eigenvalue weighted by atomic mass is 35.5. The summed E-state index contributed by atoms with van der Waals surface area (Å²) >= 11 is 5.53. The van der Waals surface area contributed by atoms with E-state index in [9.17, 15) is 4.79 Å². The van der Waals surface area contributed by atoms with Crippen molar-refractivity contribution in [1.29, 1.82) is 0 Å². The molecule has 0 saturated heterocycles. The molecule has 2 N–H and O–H groups in total. The third-order valence-corrected chi connectivity index (χ3v) is 1.93. The van der Waals surface area contributed by atoms with E-state index in [4.69, 9.17) is 11.6 Å². The molecule has 4 nitrogen and oxygen atoms in total. The average molecular weight is 214 g/mol. The molecule has 1 atom stereocenters. The van der Waals surface area contributed by atoms with Gasteiger partial charge >= 0.3 is 0 Å². The minimum atomic E-state index is -0.338. The monoisotopic (exact) mass is 213 g/mol. The van der Waals surface area contributed by atoms with Crippen LogP contribution in [-0.4, -0.2) is 16.0 Å². The van der Waals surface area contributed by atoms with Gasteiger partial charge in [0.25, 0.3) is 5.56 Å². The van der Waals surface area contributed by atoms with E-state index in [2.05, 4.69) is 21.9 Å². The molecule has 0 saturated carbocycles. The van der Waals surface area contributed by atoms with Crippen molar-refractivity contribution in [3.05, 3.63) is 34.2 Å². The Hall–Kier alpha value is -1.29. The van der Waals surface area contributed by atoms with Crippen LogP contribution in [0.5, 0.6) is 0 Å². The lowest BCUT2D eigenvalue weighted by Crippen LogP contribution is -2.19. The second-order valence-electron chi connectivity index (χ2n) is 2.98. The SMILES string of the molecule is C=CCC(C)Nc1ncc(Cl)c(=O)[nH]1. The van der Waals surface area contributed by atoms with E-state index in [-0.39, 0.29) is 16.6 Å². The van der Waals surface area contributed by atoms with E-state index >= 15 is 0 Å². The van der Waals surface area contributed by atoms with Crippen LogP contribution in [-0.2, 0) is 0 Å². The molecule has 76 valence electrons. The second kappa shape index (κ2) is 4.81. The first-order valence-corrected chi connectivity index (χ1v) is 4.63. The third-order valence-electron chi connectivity index (χ3n) is 1.66. The number of anilines is 1. The smallest absolute Gasteiger partial charge is 0.271 e. The van der Waals surface area contributed by atoms with Crippen LogP contribution >= 0.6 is 11.6 Å². The molecule has 0 radical (unpaired) electrons. The molecule has 1 rings (SSSR count). The Morgan fingerprint density at radius 2 is 2.57 bits per heavy atom. The Labute approximate surface area is 87.0 Å². The number of rotatable bonds is 4. The Morgan fingerprint density at radius 1 is 1.86 bits per heavy atom. The normalized spacial score (nSPS) is 12.1. The van der Waals surface area contributed by atoms with Gasteiger partial charge in [-0.3, -0.25) is 9.78 Å². The number of H-pyrrole nitrogens is 1. The molecule has 1 heterocycles. The summed E-state index contributed by atoms with van der Waals surface area (Å²) in [7, 11) is 0. The maximum absolute atomic E-state index is 11.1. The van der Waals surface area contributed by atoms with Crippen LogP contribution in [0.2, 0.25) is 5.02 Å². The predicted octanol–water partition coefficient (Wildman–Crippen LogP) is 1.80. The van der Waals surface area contributed by atoms with Gasteiger partial charge in [0.15, 0.2) is 0 Å². The van der Waals surface area contributed by atoms with E-state index in [1.54, 1.807) is 6.08 Å². The van der Waals surface area contributed by atoms with Crippen molar-refractivity contribution in [3.63, 3.8) is 0 Å². The van der Waals surface area contributed by atoms with Gasteiger partial charge in [0, 0.05) is 6.04 Å². The molecule has 0 spiro atoms. The summed E-state index contributed by atoms with van der Waals surface area (Å²) in [4.78, 5) is 17.5. The number of aromatic nitrogens is 2. The highest BCUT2D eigenvalue weighted by Gasteiger charge is 2.02. The van der Waals surface area contributed by atoms with Crippen molar-refractivity contribution in [1.82, 2.24) is 9.97 Å². The van der Waals surface area contributed by atoms with Gasteiger partial charge in [-0.15, -0.1) is 6.58 Å². The van der Waals surface area contributed by atoms with Crippen molar-refractivity contribution in [3.8, 4) is 0 Å². The van der Waals surface area contributed by atoms with E-state index in [0.29, 0.717) is 5.95 Å². The second-order valence-corrected chi connectivity index (χ2v) is 3.39. The molecule has 1 aromatic rings. The van der Waals surface area contributed by atoms with Gasteiger partial charge in [-0.05, 0) is 13.3 Å². The quantitative estimate of drug-likeness (QED) is 0.750. The van der Waals surface area contributed by atoms with E-state index < -0.39 is 0 Å². The van der Waals surface area contributed by atoms with Crippen molar-refractivity contribution in [2.75, 3.05) is 5.32 Å². The number of hydrogen-bond acceptors (Lipinski definition) is 3. The lowest BCUT2D eigenvalue weighted by atomic mass is 10.2. The topological polar surface area (TPSA) is 57.8 Å². The molecule has 0 bridgehead atoms. The minimum Gasteiger partial charge on any atom is -0.353 e. The minimum absolute atomic E-state index is 0.0897. The summed E-state index contributed by atoms with van der Waals surface area (Å²) in [6.07, 6.45) is 3.92. The van der Waals surface area contributed by atoms with Gasteiger partial charge in [-0.1, -0.05) is 17.7 Å². The molecule has 1 aromatic heterocycles. The number of aromatic amines is 1. The van der Waals surface area contributed by atoms with Gasteiger partial charge in [-0.25, -0.2) is 4.98 Å². The van der Waals surface area contributed by atoms with E-state index in [1.807, 2.05) is 6.92 Å². The Bertz CT molecular complexity index is 375. The first kappa shape index (κ1) is 10.8. The van der Waals surface area contributed by atoms with Crippen molar-refractivity contribution in [2.24, 2.45) is 0 Å². The number of nitrogens with zero attached hydrogens (tertiary/aromatic N) is 1.